The number of hydrogen-bond donors (Lipinski definition) is 0. The standard InChI is InChI=1S/C7H10BrNO/c1-6(10-2)9-5-3-4-7(9)8/h3-6H,1-2H3. The van der Waals surface area contributed by atoms with Crippen molar-refractivity contribution in [3.63, 3.8) is 0 Å². The molecule has 0 radical (unpaired) electrons. The lowest BCUT2D eigenvalue weighted by molar-refractivity contribution is 0.0591. The van der Waals surface area contributed by atoms with Crippen LogP contribution in [0.3, 0.4) is 0 Å². The number of methoxy groups -OCH3 is 1. The fourth-order valence-electron chi connectivity index (χ4n) is 0.781. The van der Waals surface area contributed by atoms with E-state index in [1.54, 1.807) is 7.11 Å². The fraction of sp³-hybridized carbons (Fsp3) is 0.429. The molecule has 0 aliphatic rings. The van der Waals surface area contributed by atoms with Gasteiger partial charge in [-0.1, -0.05) is 0 Å². The highest BCUT2D eigenvalue weighted by atomic mass is 79.9. The SMILES string of the molecule is COC(C)n1cccc1Br. The van der Waals surface area contributed by atoms with Crippen molar-refractivity contribution in [2.75, 3.05) is 7.11 Å². The average molecular weight is 204 g/mol. The van der Waals surface area contributed by atoms with E-state index in [1.807, 2.05) is 29.8 Å². The van der Waals surface area contributed by atoms with Gasteiger partial charge in [0.1, 0.15) is 6.23 Å². The van der Waals surface area contributed by atoms with E-state index in [0.29, 0.717) is 0 Å². The molecule has 1 rings (SSSR count). The Bertz CT molecular complexity index is 209. The molecule has 0 saturated heterocycles. The van der Waals surface area contributed by atoms with E-state index < -0.39 is 0 Å². The summed E-state index contributed by atoms with van der Waals surface area (Å²) in [6.07, 6.45) is 2.07. The summed E-state index contributed by atoms with van der Waals surface area (Å²) < 4.78 is 8.15. The molecule has 1 unspecified atom stereocenters. The molecule has 1 aromatic rings. The Morgan fingerprint density at radius 1 is 1.70 bits per heavy atom. The van der Waals surface area contributed by atoms with Gasteiger partial charge < -0.3 is 9.30 Å². The number of halogens is 1. The highest BCUT2D eigenvalue weighted by Crippen LogP contribution is 2.16. The summed E-state index contributed by atoms with van der Waals surface area (Å²) in [4.78, 5) is 0. The molecular weight excluding hydrogens is 194 g/mol. The quantitative estimate of drug-likeness (QED) is 0.721. The van der Waals surface area contributed by atoms with E-state index in [0.717, 1.165) is 4.60 Å². The lowest BCUT2D eigenvalue weighted by Gasteiger charge is -2.12. The van der Waals surface area contributed by atoms with Crippen LogP contribution in [0.15, 0.2) is 22.9 Å². The van der Waals surface area contributed by atoms with Gasteiger partial charge in [-0.3, -0.25) is 0 Å². The number of nitrogens with zero attached hydrogens (tertiary/aromatic N) is 1. The molecule has 0 aromatic carbocycles. The van der Waals surface area contributed by atoms with Crippen LogP contribution in [0.1, 0.15) is 13.2 Å². The molecule has 0 bridgehead atoms. The van der Waals surface area contributed by atoms with Crippen molar-refractivity contribution in [1.82, 2.24) is 4.57 Å². The van der Waals surface area contributed by atoms with Crippen LogP contribution in [-0.4, -0.2) is 11.7 Å². The fourth-order valence-corrected chi connectivity index (χ4v) is 1.34. The Morgan fingerprint density at radius 3 is 2.80 bits per heavy atom. The van der Waals surface area contributed by atoms with E-state index in [1.165, 1.54) is 0 Å². The maximum Gasteiger partial charge on any atom is 0.131 e. The third kappa shape index (κ3) is 1.41. The number of aromatic nitrogens is 1. The Balaban J connectivity index is 2.82. The lowest BCUT2D eigenvalue weighted by Crippen LogP contribution is -2.05. The molecule has 1 atom stereocenters. The van der Waals surface area contributed by atoms with Gasteiger partial charge in [-0.2, -0.15) is 0 Å². The molecule has 0 N–H and O–H groups in total. The van der Waals surface area contributed by atoms with Crippen LogP contribution >= 0.6 is 15.9 Å². The largest absolute Gasteiger partial charge is 0.362 e. The summed E-state index contributed by atoms with van der Waals surface area (Å²) in [6.45, 7) is 1.99. The summed E-state index contributed by atoms with van der Waals surface area (Å²) in [6, 6.07) is 3.95. The molecule has 0 spiro atoms. The van der Waals surface area contributed by atoms with Gasteiger partial charge in [-0.25, -0.2) is 0 Å². The van der Waals surface area contributed by atoms with E-state index in [4.69, 9.17) is 4.74 Å². The van der Waals surface area contributed by atoms with Crippen molar-refractivity contribution in [2.45, 2.75) is 13.2 Å². The number of rotatable bonds is 2. The highest BCUT2D eigenvalue weighted by molar-refractivity contribution is 9.10. The van der Waals surface area contributed by atoms with Gasteiger partial charge >= 0.3 is 0 Å². The lowest BCUT2D eigenvalue weighted by atomic mass is 10.6. The van der Waals surface area contributed by atoms with E-state index >= 15 is 0 Å². The smallest absolute Gasteiger partial charge is 0.131 e. The first-order valence-corrected chi connectivity index (χ1v) is 3.90. The first kappa shape index (κ1) is 7.82. The zero-order chi connectivity index (χ0) is 7.56. The molecule has 3 heteroatoms. The number of ether oxygens (including phenoxy) is 1. The Morgan fingerprint density at radius 2 is 2.40 bits per heavy atom. The predicted molar refractivity (Wildman–Crippen MR) is 43.9 cm³/mol. The van der Waals surface area contributed by atoms with Crippen LogP contribution in [0.2, 0.25) is 0 Å². The van der Waals surface area contributed by atoms with Crippen molar-refractivity contribution < 1.29 is 4.74 Å². The minimum absolute atomic E-state index is 0.101. The van der Waals surface area contributed by atoms with Gasteiger partial charge in [0.15, 0.2) is 0 Å². The van der Waals surface area contributed by atoms with Crippen LogP contribution < -0.4 is 0 Å². The summed E-state index contributed by atoms with van der Waals surface area (Å²) in [5.41, 5.74) is 0. The third-order valence-electron chi connectivity index (χ3n) is 1.46. The zero-order valence-corrected chi connectivity index (χ0v) is 7.63. The molecular formula is C7H10BrNO. The van der Waals surface area contributed by atoms with Gasteiger partial charge in [0.25, 0.3) is 0 Å². The van der Waals surface area contributed by atoms with Gasteiger partial charge in [0.05, 0.1) is 4.60 Å². The topological polar surface area (TPSA) is 14.2 Å². The van der Waals surface area contributed by atoms with Crippen molar-refractivity contribution in [3.05, 3.63) is 22.9 Å². The van der Waals surface area contributed by atoms with Crippen molar-refractivity contribution >= 4 is 15.9 Å². The molecule has 2 nitrogen and oxygen atoms in total. The van der Waals surface area contributed by atoms with Gasteiger partial charge in [-0.15, -0.1) is 0 Å². The summed E-state index contributed by atoms with van der Waals surface area (Å²) in [5, 5.41) is 0. The zero-order valence-electron chi connectivity index (χ0n) is 6.04. The highest BCUT2D eigenvalue weighted by Gasteiger charge is 2.02. The minimum atomic E-state index is 0.101. The molecule has 10 heavy (non-hydrogen) atoms. The van der Waals surface area contributed by atoms with Crippen LogP contribution in [0.5, 0.6) is 0 Å². The molecule has 1 heterocycles. The van der Waals surface area contributed by atoms with Crippen molar-refractivity contribution in [3.8, 4) is 0 Å². The molecule has 1 aromatic heterocycles. The second-order valence-electron chi connectivity index (χ2n) is 2.07. The van der Waals surface area contributed by atoms with E-state index in [2.05, 4.69) is 15.9 Å². The monoisotopic (exact) mass is 203 g/mol. The molecule has 0 aliphatic carbocycles. The van der Waals surface area contributed by atoms with Gasteiger partial charge in [-0.05, 0) is 35.0 Å². The summed E-state index contributed by atoms with van der Waals surface area (Å²) in [5.74, 6) is 0. The Hall–Kier alpha value is -0.280. The Labute approximate surface area is 68.9 Å². The van der Waals surface area contributed by atoms with Crippen molar-refractivity contribution in [2.24, 2.45) is 0 Å². The maximum absolute atomic E-state index is 5.11. The first-order valence-electron chi connectivity index (χ1n) is 3.11. The molecule has 0 aliphatic heterocycles. The minimum Gasteiger partial charge on any atom is -0.362 e. The first-order chi connectivity index (χ1) is 4.75. The molecule has 0 saturated carbocycles. The third-order valence-corrected chi connectivity index (χ3v) is 2.13. The van der Waals surface area contributed by atoms with Crippen LogP contribution in [-0.2, 0) is 4.74 Å². The summed E-state index contributed by atoms with van der Waals surface area (Å²) >= 11 is 3.39. The second kappa shape index (κ2) is 3.21. The van der Waals surface area contributed by atoms with Crippen LogP contribution in [0, 0.1) is 0 Å². The summed E-state index contributed by atoms with van der Waals surface area (Å²) in [7, 11) is 1.69. The van der Waals surface area contributed by atoms with Gasteiger partial charge in [0.2, 0.25) is 0 Å². The number of hydrogen-bond acceptors (Lipinski definition) is 1. The average Bonchev–Trinajstić information content (AvgIpc) is 2.34. The Kier molecular flexibility index (Phi) is 2.51. The van der Waals surface area contributed by atoms with Crippen molar-refractivity contribution in [1.29, 1.82) is 0 Å². The van der Waals surface area contributed by atoms with Crippen LogP contribution in [0.25, 0.3) is 0 Å². The normalized spacial score (nSPS) is 13.5. The maximum atomic E-state index is 5.11. The molecule has 0 fully saturated rings. The van der Waals surface area contributed by atoms with E-state index in [9.17, 15) is 0 Å². The van der Waals surface area contributed by atoms with E-state index in [-0.39, 0.29) is 6.23 Å². The van der Waals surface area contributed by atoms with Gasteiger partial charge in [0, 0.05) is 13.3 Å². The predicted octanol–water partition coefficient (Wildman–Crippen LogP) is 2.42. The molecule has 56 valence electrons. The molecule has 0 amide bonds. The second-order valence-corrected chi connectivity index (χ2v) is 2.89. The van der Waals surface area contributed by atoms with Crippen LogP contribution in [0.4, 0.5) is 0 Å².